The number of hydrogen-bond donors (Lipinski definition) is 1. The Morgan fingerprint density at radius 1 is 1.35 bits per heavy atom. The summed E-state index contributed by atoms with van der Waals surface area (Å²) in [6, 6.07) is 0. The van der Waals surface area contributed by atoms with E-state index in [1.165, 1.54) is 0 Å². The minimum atomic E-state index is 0.343. The highest BCUT2D eigenvalue weighted by Crippen LogP contribution is 2.20. The third-order valence-corrected chi connectivity index (χ3v) is 2.79. The number of nitrogens with zero attached hydrogens (tertiary/aromatic N) is 3. The van der Waals surface area contributed by atoms with E-state index in [0.717, 1.165) is 36.7 Å². The van der Waals surface area contributed by atoms with Crippen LogP contribution in [0.5, 0.6) is 0 Å². The monoisotopic (exact) mass is 236 g/mol. The molecule has 0 bridgehead atoms. The molecule has 0 saturated heterocycles. The van der Waals surface area contributed by atoms with Gasteiger partial charge in [0.05, 0.1) is 17.6 Å². The molecule has 1 heterocycles. The van der Waals surface area contributed by atoms with Crippen LogP contribution < -0.4 is 10.6 Å². The summed E-state index contributed by atoms with van der Waals surface area (Å²) in [5.74, 6) is 1.22. The van der Waals surface area contributed by atoms with Crippen LogP contribution in [0, 0.1) is 0 Å². The lowest BCUT2D eigenvalue weighted by molar-refractivity contribution is 0.733. The summed E-state index contributed by atoms with van der Waals surface area (Å²) in [6.45, 7) is 11.0. The molecule has 17 heavy (non-hydrogen) atoms. The first-order valence-corrected chi connectivity index (χ1v) is 6.44. The Balaban J connectivity index is 3.06. The highest BCUT2D eigenvalue weighted by Gasteiger charge is 2.12. The van der Waals surface area contributed by atoms with Gasteiger partial charge in [-0.05, 0) is 13.3 Å². The molecule has 1 rings (SSSR count). The molecule has 0 aliphatic carbocycles. The van der Waals surface area contributed by atoms with Crippen molar-refractivity contribution in [2.75, 3.05) is 18.0 Å². The van der Waals surface area contributed by atoms with Crippen LogP contribution in [0.15, 0.2) is 6.20 Å². The fourth-order valence-electron chi connectivity index (χ4n) is 1.84. The second kappa shape index (κ2) is 6.55. The van der Waals surface area contributed by atoms with Crippen molar-refractivity contribution in [3.8, 4) is 0 Å². The molecule has 96 valence electrons. The lowest BCUT2D eigenvalue weighted by Crippen LogP contribution is -2.26. The Hall–Kier alpha value is -1.16. The van der Waals surface area contributed by atoms with E-state index in [2.05, 4.69) is 42.6 Å². The van der Waals surface area contributed by atoms with Gasteiger partial charge in [-0.3, -0.25) is 0 Å². The van der Waals surface area contributed by atoms with E-state index in [0.29, 0.717) is 12.5 Å². The first-order chi connectivity index (χ1) is 8.13. The molecule has 1 aromatic rings. The number of hydrogen-bond acceptors (Lipinski definition) is 4. The molecule has 0 saturated carbocycles. The van der Waals surface area contributed by atoms with E-state index in [-0.39, 0.29) is 0 Å². The third-order valence-electron chi connectivity index (χ3n) is 2.79. The van der Waals surface area contributed by atoms with E-state index in [1.807, 2.05) is 6.20 Å². The molecule has 0 unspecified atom stereocenters. The standard InChI is InChI=1S/C13H24N4/c1-5-7-17(6-2)12-9-15-13(10(3)4)16-11(12)8-14/h9-10H,5-8,14H2,1-4H3. The number of rotatable bonds is 6. The van der Waals surface area contributed by atoms with Gasteiger partial charge in [0.1, 0.15) is 5.82 Å². The Kier molecular flexibility index (Phi) is 5.35. The van der Waals surface area contributed by atoms with Crippen molar-refractivity contribution in [3.05, 3.63) is 17.7 Å². The maximum atomic E-state index is 5.79. The Bertz CT molecular complexity index is 349. The number of anilines is 1. The van der Waals surface area contributed by atoms with Gasteiger partial charge in [-0.15, -0.1) is 0 Å². The van der Waals surface area contributed by atoms with E-state index in [9.17, 15) is 0 Å². The van der Waals surface area contributed by atoms with Gasteiger partial charge in [-0.1, -0.05) is 20.8 Å². The second-order valence-electron chi connectivity index (χ2n) is 4.50. The Labute approximate surface area is 104 Å². The van der Waals surface area contributed by atoms with Crippen molar-refractivity contribution in [2.24, 2.45) is 5.73 Å². The lowest BCUT2D eigenvalue weighted by Gasteiger charge is -2.24. The van der Waals surface area contributed by atoms with Crippen LogP contribution in [-0.4, -0.2) is 23.1 Å². The molecule has 4 heteroatoms. The zero-order valence-electron chi connectivity index (χ0n) is 11.4. The van der Waals surface area contributed by atoms with E-state index >= 15 is 0 Å². The van der Waals surface area contributed by atoms with E-state index in [1.54, 1.807) is 0 Å². The van der Waals surface area contributed by atoms with Crippen LogP contribution >= 0.6 is 0 Å². The minimum Gasteiger partial charge on any atom is -0.369 e. The SMILES string of the molecule is CCCN(CC)c1cnc(C(C)C)nc1CN. The fraction of sp³-hybridized carbons (Fsp3) is 0.692. The normalized spacial score (nSPS) is 10.9. The smallest absolute Gasteiger partial charge is 0.131 e. The van der Waals surface area contributed by atoms with Crippen molar-refractivity contribution in [2.45, 2.75) is 46.6 Å². The number of nitrogens with two attached hydrogens (primary N) is 1. The lowest BCUT2D eigenvalue weighted by atomic mass is 10.2. The third kappa shape index (κ3) is 3.40. The van der Waals surface area contributed by atoms with Crippen molar-refractivity contribution in [1.82, 2.24) is 9.97 Å². The highest BCUT2D eigenvalue weighted by molar-refractivity contribution is 5.49. The van der Waals surface area contributed by atoms with Gasteiger partial charge >= 0.3 is 0 Å². The van der Waals surface area contributed by atoms with Gasteiger partial charge in [-0.2, -0.15) is 0 Å². The molecule has 1 aromatic heterocycles. The largest absolute Gasteiger partial charge is 0.369 e. The summed E-state index contributed by atoms with van der Waals surface area (Å²) in [6.07, 6.45) is 3.04. The minimum absolute atomic E-state index is 0.343. The summed E-state index contributed by atoms with van der Waals surface area (Å²) in [5.41, 5.74) is 7.83. The van der Waals surface area contributed by atoms with Gasteiger partial charge in [0.25, 0.3) is 0 Å². The Morgan fingerprint density at radius 3 is 2.53 bits per heavy atom. The first-order valence-electron chi connectivity index (χ1n) is 6.44. The van der Waals surface area contributed by atoms with Gasteiger partial charge < -0.3 is 10.6 Å². The van der Waals surface area contributed by atoms with Crippen molar-refractivity contribution >= 4 is 5.69 Å². The van der Waals surface area contributed by atoms with Crippen LogP contribution in [0.3, 0.4) is 0 Å². The molecule has 0 aliphatic rings. The molecule has 0 aliphatic heterocycles. The summed E-state index contributed by atoms with van der Waals surface area (Å²) in [5, 5.41) is 0. The molecule has 0 radical (unpaired) electrons. The van der Waals surface area contributed by atoms with Crippen LogP contribution in [0.25, 0.3) is 0 Å². The Morgan fingerprint density at radius 2 is 2.06 bits per heavy atom. The van der Waals surface area contributed by atoms with Crippen LogP contribution in [0.4, 0.5) is 5.69 Å². The quantitative estimate of drug-likeness (QED) is 0.823. The summed E-state index contributed by atoms with van der Waals surface area (Å²) in [4.78, 5) is 11.3. The van der Waals surface area contributed by atoms with Gasteiger partial charge in [-0.25, -0.2) is 9.97 Å². The predicted molar refractivity (Wildman–Crippen MR) is 72.2 cm³/mol. The van der Waals surface area contributed by atoms with Crippen molar-refractivity contribution in [3.63, 3.8) is 0 Å². The average Bonchev–Trinajstić information content (AvgIpc) is 2.35. The second-order valence-corrected chi connectivity index (χ2v) is 4.50. The van der Waals surface area contributed by atoms with Crippen molar-refractivity contribution in [1.29, 1.82) is 0 Å². The summed E-state index contributed by atoms with van der Waals surface area (Å²) >= 11 is 0. The zero-order valence-corrected chi connectivity index (χ0v) is 11.4. The molecular weight excluding hydrogens is 212 g/mol. The molecule has 0 atom stereocenters. The molecule has 0 fully saturated rings. The highest BCUT2D eigenvalue weighted by atomic mass is 15.1. The van der Waals surface area contributed by atoms with Gasteiger partial charge in [0.15, 0.2) is 0 Å². The topological polar surface area (TPSA) is 55.0 Å². The van der Waals surface area contributed by atoms with Crippen molar-refractivity contribution < 1.29 is 0 Å². The number of aromatic nitrogens is 2. The van der Waals surface area contributed by atoms with Crippen LogP contribution in [0.2, 0.25) is 0 Å². The summed E-state index contributed by atoms with van der Waals surface area (Å²) < 4.78 is 0. The van der Waals surface area contributed by atoms with E-state index in [4.69, 9.17) is 5.73 Å². The molecule has 0 aromatic carbocycles. The van der Waals surface area contributed by atoms with Crippen LogP contribution in [0.1, 0.15) is 51.6 Å². The summed E-state index contributed by atoms with van der Waals surface area (Å²) in [7, 11) is 0. The maximum absolute atomic E-state index is 5.79. The molecule has 2 N–H and O–H groups in total. The van der Waals surface area contributed by atoms with Gasteiger partial charge in [0, 0.05) is 25.6 Å². The molecule has 4 nitrogen and oxygen atoms in total. The van der Waals surface area contributed by atoms with Gasteiger partial charge in [0.2, 0.25) is 0 Å². The predicted octanol–water partition coefficient (Wildman–Crippen LogP) is 2.29. The van der Waals surface area contributed by atoms with E-state index < -0.39 is 0 Å². The molecular formula is C13H24N4. The molecule has 0 amide bonds. The zero-order chi connectivity index (χ0) is 12.8. The first kappa shape index (κ1) is 13.9. The molecule has 0 spiro atoms. The van der Waals surface area contributed by atoms with Crippen LogP contribution in [-0.2, 0) is 6.54 Å². The fourth-order valence-corrected chi connectivity index (χ4v) is 1.84. The average molecular weight is 236 g/mol. The maximum Gasteiger partial charge on any atom is 0.131 e.